The highest BCUT2D eigenvalue weighted by Gasteiger charge is 2.51. The van der Waals surface area contributed by atoms with Gasteiger partial charge in [-0.05, 0) is 74.6 Å². The lowest BCUT2D eigenvalue weighted by Crippen LogP contribution is -2.63. The van der Waals surface area contributed by atoms with Gasteiger partial charge in [0, 0.05) is 31.7 Å². The van der Waals surface area contributed by atoms with Crippen molar-refractivity contribution in [1.29, 1.82) is 0 Å². The fourth-order valence-corrected chi connectivity index (χ4v) is 7.87. The van der Waals surface area contributed by atoms with Gasteiger partial charge in [0.1, 0.15) is 17.0 Å². The first-order valence-corrected chi connectivity index (χ1v) is 12.5. The summed E-state index contributed by atoms with van der Waals surface area (Å²) in [6.45, 7) is 5.68. The van der Waals surface area contributed by atoms with E-state index in [1.807, 2.05) is 0 Å². The van der Waals surface area contributed by atoms with Crippen molar-refractivity contribution in [2.45, 2.75) is 57.0 Å². The summed E-state index contributed by atoms with van der Waals surface area (Å²) < 4.78 is 0. The summed E-state index contributed by atoms with van der Waals surface area (Å²) in [6.07, 6.45) is 9.55. The predicted molar refractivity (Wildman–Crippen MR) is 120 cm³/mol. The van der Waals surface area contributed by atoms with Crippen LogP contribution < -0.4 is 10.2 Å². The van der Waals surface area contributed by atoms with Gasteiger partial charge in [-0.25, -0.2) is 9.97 Å². The topological polar surface area (TPSA) is 61.4 Å². The van der Waals surface area contributed by atoms with Crippen molar-refractivity contribution in [2.24, 2.45) is 17.8 Å². The highest BCUT2D eigenvalue weighted by atomic mass is 32.1. The van der Waals surface area contributed by atoms with Crippen LogP contribution in [0.4, 0.5) is 5.82 Å². The molecule has 7 rings (SSSR count). The molecule has 0 radical (unpaired) electrons. The van der Waals surface area contributed by atoms with E-state index in [9.17, 15) is 4.79 Å². The first kappa shape index (κ1) is 19.0. The van der Waals surface area contributed by atoms with Crippen LogP contribution in [0, 0.1) is 17.8 Å². The third-order valence-electron chi connectivity index (χ3n) is 8.21. The minimum absolute atomic E-state index is 0.0632. The largest absolute Gasteiger partial charge is 0.353 e. The molecule has 5 aliphatic rings. The molecule has 1 N–H and O–H groups in total. The maximum absolute atomic E-state index is 13.2. The van der Waals surface area contributed by atoms with Crippen molar-refractivity contribution >= 4 is 33.3 Å². The van der Waals surface area contributed by atoms with Crippen molar-refractivity contribution in [3.8, 4) is 0 Å². The molecule has 1 saturated heterocycles. The molecule has 0 spiro atoms. The number of thiophene rings is 1. The Morgan fingerprint density at radius 1 is 1.10 bits per heavy atom. The van der Waals surface area contributed by atoms with Crippen LogP contribution in [0.5, 0.6) is 0 Å². The van der Waals surface area contributed by atoms with E-state index in [4.69, 9.17) is 0 Å². The quantitative estimate of drug-likeness (QED) is 0.815. The molecule has 1 unspecified atom stereocenters. The number of nitrogens with zero attached hydrogens (tertiary/aromatic N) is 4. The third kappa shape index (κ3) is 3.21. The second-order valence-electron chi connectivity index (χ2n) is 10.2. The summed E-state index contributed by atoms with van der Waals surface area (Å²) in [5.41, 5.74) is 0.105. The normalized spacial score (nSPS) is 34.4. The van der Waals surface area contributed by atoms with Crippen molar-refractivity contribution in [3.05, 3.63) is 17.8 Å². The Balaban J connectivity index is 1.09. The van der Waals surface area contributed by atoms with Crippen LogP contribution in [0.25, 0.3) is 10.2 Å². The molecular weight excluding hydrogens is 394 g/mol. The molecule has 5 fully saturated rings. The molecule has 1 atom stereocenters. The van der Waals surface area contributed by atoms with Crippen LogP contribution >= 0.6 is 11.3 Å². The van der Waals surface area contributed by atoms with E-state index >= 15 is 0 Å². The standard InChI is InChI=1S/C23H31N5OS/c1-15(21(29)26-23-11-16-8-17(12-23)10-18(9-16)13-23)27-3-5-28(6-4-27)20-19-2-7-30-22(19)25-14-24-20/h2,7,14-18H,3-6,8-13H2,1H3,(H,26,29). The Bertz CT molecular complexity index is 915. The molecule has 4 aliphatic carbocycles. The van der Waals surface area contributed by atoms with Gasteiger partial charge in [-0.2, -0.15) is 0 Å². The van der Waals surface area contributed by atoms with Crippen molar-refractivity contribution in [2.75, 3.05) is 31.1 Å². The van der Waals surface area contributed by atoms with Gasteiger partial charge in [-0.15, -0.1) is 11.3 Å². The number of rotatable bonds is 4. The van der Waals surface area contributed by atoms with Crippen LogP contribution in [0.15, 0.2) is 17.8 Å². The molecule has 2 aromatic rings. The number of anilines is 1. The Labute approximate surface area is 182 Å². The Morgan fingerprint density at radius 3 is 2.43 bits per heavy atom. The zero-order valence-electron chi connectivity index (χ0n) is 17.7. The fourth-order valence-electron chi connectivity index (χ4n) is 7.15. The molecule has 1 amide bonds. The van der Waals surface area contributed by atoms with E-state index in [-0.39, 0.29) is 17.5 Å². The number of piperazine rings is 1. The SMILES string of the molecule is CC(C(=O)NC12CC3CC(CC(C3)C1)C2)N1CCN(c2ncnc3sccc23)CC1. The van der Waals surface area contributed by atoms with Crippen molar-refractivity contribution in [1.82, 2.24) is 20.2 Å². The highest BCUT2D eigenvalue weighted by molar-refractivity contribution is 7.16. The summed E-state index contributed by atoms with van der Waals surface area (Å²) >= 11 is 1.66. The number of hydrogen-bond donors (Lipinski definition) is 1. The lowest BCUT2D eigenvalue weighted by atomic mass is 9.53. The molecule has 30 heavy (non-hydrogen) atoms. The Kier molecular flexibility index (Phi) is 4.53. The number of fused-ring (bicyclic) bond motifs is 1. The van der Waals surface area contributed by atoms with E-state index in [1.165, 1.54) is 38.5 Å². The van der Waals surface area contributed by atoms with E-state index in [1.54, 1.807) is 17.7 Å². The monoisotopic (exact) mass is 425 g/mol. The van der Waals surface area contributed by atoms with E-state index < -0.39 is 0 Å². The molecule has 4 saturated carbocycles. The fraction of sp³-hybridized carbons (Fsp3) is 0.696. The molecule has 3 heterocycles. The molecular formula is C23H31N5OS. The first-order valence-electron chi connectivity index (χ1n) is 11.6. The van der Waals surface area contributed by atoms with Crippen LogP contribution in [0.1, 0.15) is 45.4 Å². The molecule has 0 aromatic carbocycles. The number of hydrogen-bond acceptors (Lipinski definition) is 6. The van der Waals surface area contributed by atoms with Gasteiger partial charge in [-0.1, -0.05) is 0 Å². The lowest BCUT2D eigenvalue weighted by molar-refractivity contribution is -0.131. The van der Waals surface area contributed by atoms with Gasteiger partial charge >= 0.3 is 0 Å². The van der Waals surface area contributed by atoms with Gasteiger partial charge < -0.3 is 10.2 Å². The number of aromatic nitrogens is 2. The second-order valence-corrected chi connectivity index (χ2v) is 11.1. The number of carbonyl (C=O) groups excluding carboxylic acids is 1. The van der Waals surface area contributed by atoms with Gasteiger partial charge in [-0.3, -0.25) is 9.69 Å². The van der Waals surface area contributed by atoms with Crippen molar-refractivity contribution in [3.63, 3.8) is 0 Å². The van der Waals surface area contributed by atoms with E-state index in [0.717, 1.165) is 60.0 Å². The highest BCUT2D eigenvalue weighted by Crippen LogP contribution is 2.55. The maximum atomic E-state index is 13.2. The summed E-state index contributed by atoms with van der Waals surface area (Å²) in [7, 11) is 0. The molecule has 2 aromatic heterocycles. The zero-order valence-corrected chi connectivity index (χ0v) is 18.5. The van der Waals surface area contributed by atoms with E-state index in [0.29, 0.717) is 0 Å². The van der Waals surface area contributed by atoms with E-state index in [2.05, 4.69) is 43.5 Å². The van der Waals surface area contributed by atoms with Crippen molar-refractivity contribution < 1.29 is 4.79 Å². The maximum Gasteiger partial charge on any atom is 0.237 e. The average molecular weight is 426 g/mol. The Hall–Kier alpha value is -1.73. The number of carbonyl (C=O) groups is 1. The number of amides is 1. The molecule has 1 aliphatic heterocycles. The van der Waals surface area contributed by atoms with Gasteiger partial charge in [0.15, 0.2) is 0 Å². The van der Waals surface area contributed by atoms with Crippen LogP contribution in [-0.2, 0) is 4.79 Å². The minimum Gasteiger partial charge on any atom is -0.353 e. The van der Waals surface area contributed by atoms with Crippen LogP contribution in [0.3, 0.4) is 0 Å². The molecule has 4 bridgehead atoms. The predicted octanol–water partition coefficient (Wildman–Crippen LogP) is 3.29. The second kappa shape index (κ2) is 7.16. The number of nitrogens with one attached hydrogen (secondary N) is 1. The summed E-state index contributed by atoms with van der Waals surface area (Å²) in [6, 6.07) is 2.05. The molecule has 160 valence electrons. The minimum atomic E-state index is -0.0632. The summed E-state index contributed by atoms with van der Waals surface area (Å²) in [5.74, 6) is 3.85. The zero-order chi connectivity index (χ0) is 20.3. The molecule has 7 heteroatoms. The lowest BCUT2D eigenvalue weighted by Gasteiger charge is -2.57. The van der Waals surface area contributed by atoms with Gasteiger partial charge in [0.2, 0.25) is 5.91 Å². The average Bonchev–Trinajstić information content (AvgIpc) is 3.21. The Morgan fingerprint density at radius 2 is 1.77 bits per heavy atom. The smallest absolute Gasteiger partial charge is 0.237 e. The van der Waals surface area contributed by atoms with Gasteiger partial charge in [0.05, 0.1) is 11.4 Å². The third-order valence-corrected chi connectivity index (χ3v) is 9.03. The first-order chi connectivity index (χ1) is 14.6. The molecule has 6 nitrogen and oxygen atoms in total. The summed E-state index contributed by atoms with van der Waals surface area (Å²) in [5, 5.41) is 6.79. The summed E-state index contributed by atoms with van der Waals surface area (Å²) in [4.78, 5) is 27.9. The van der Waals surface area contributed by atoms with Crippen LogP contribution in [0.2, 0.25) is 0 Å². The van der Waals surface area contributed by atoms with Gasteiger partial charge in [0.25, 0.3) is 0 Å². The van der Waals surface area contributed by atoms with Crippen LogP contribution in [-0.4, -0.2) is 58.5 Å².